The molecule has 1 fully saturated rings. The van der Waals surface area contributed by atoms with Crippen LogP contribution in [0.3, 0.4) is 0 Å². The fraction of sp³-hybridized carbons (Fsp3) is 0.435. The highest BCUT2D eigenvalue weighted by molar-refractivity contribution is 5.84. The smallest absolute Gasteiger partial charge is 0.0739 e. The number of likely N-dealkylation sites (tertiary alicyclic amines) is 1. The molecule has 0 spiro atoms. The van der Waals surface area contributed by atoms with Crippen LogP contribution in [0.2, 0.25) is 0 Å². The van der Waals surface area contributed by atoms with Crippen molar-refractivity contribution < 1.29 is 0 Å². The van der Waals surface area contributed by atoms with Gasteiger partial charge in [0, 0.05) is 24.9 Å². The van der Waals surface area contributed by atoms with Crippen molar-refractivity contribution in [1.29, 1.82) is 0 Å². The van der Waals surface area contributed by atoms with Crippen molar-refractivity contribution in [2.75, 3.05) is 20.1 Å². The third-order valence-corrected chi connectivity index (χ3v) is 5.27. The molecule has 1 aromatic carbocycles. The van der Waals surface area contributed by atoms with Crippen LogP contribution in [0.25, 0.3) is 5.57 Å². The first kappa shape index (κ1) is 17.9. The van der Waals surface area contributed by atoms with Gasteiger partial charge < -0.3 is 4.90 Å². The van der Waals surface area contributed by atoms with E-state index in [4.69, 9.17) is 4.98 Å². The van der Waals surface area contributed by atoms with E-state index < -0.39 is 0 Å². The van der Waals surface area contributed by atoms with E-state index in [1.165, 1.54) is 33.5 Å². The van der Waals surface area contributed by atoms with Gasteiger partial charge >= 0.3 is 0 Å². The summed E-state index contributed by atoms with van der Waals surface area (Å²) in [6, 6.07) is 11.3. The van der Waals surface area contributed by atoms with Crippen LogP contribution in [0.5, 0.6) is 0 Å². The van der Waals surface area contributed by atoms with E-state index in [1.807, 2.05) is 20.0 Å². The van der Waals surface area contributed by atoms with Gasteiger partial charge in [-0.1, -0.05) is 49.2 Å². The molecule has 2 aliphatic rings. The molecule has 132 valence electrons. The van der Waals surface area contributed by atoms with Gasteiger partial charge in [-0.05, 0) is 62.4 Å². The third kappa shape index (κ3) is 3.69. The van der Waals surface area contributed by atoms with E-state index in [1.54, 1.807) is 5.57 Å². The molecule has 0 saturated carbocycles. The van der Waals surface area contributed by atoms with E-state index in [0.717, 1.165) is 38.8 Å². The van der Waals surface area contributed by atoms with Crippen LogP contribution in [0.4, 0.5) is 0 Å². The molecule has 0 atom stereocenters. The lowest BCUT2D eigenvalue weighted by Gasteiger charge is -2.27. The number of pyridine rings is 1. The van der Waals surface area contributed by atoms with Gasteiger partial charge in [-0.3, -0.25) is 4.98 Å². The van der Waals surface area contributed by atoms with Crippen molar-refractivity contribution in [3.8, 4) is 0 Å². The van der Waals surface area contributed by atoms with Crippen molar-refractivity contribution >= 4 is 5.57 Å². The molecule has 0 unspecified atom stereocenters. The summed E-state index contributed by atoms with van der Waals surface area (Å²) in [5.41, 5.74) is 9.93. The second-order valence-corrected chi connectivity index (χ2v) is 6.95. The van der Waals surface area contributed by atoms with Crippen molar-refractivity contribution in [2.45, 2.75) is 46.5 Å². The lowest BCUT2D eigenvalue weighted by Crippen LogP contribution is -2.27. The topological polar surface area (TPSA) is 16.1 Å². The van der Waals surface area contributed by atoms with Crippen molar-refractivity contribution in [3.05, 3.63) is 70.0 Å². The van der Waals surface area contributed by atoms with Gasteiger partial charge in [0.05, 0.1) is 5.69 Å². The Balaban J connectivity index is 0.000000880. The second-order valence-electron chi connectivity index (χ2n) is 6.95. The third-order valence-electron chi connectivity index (χ3n) is 5.27. The molecule has 2 heterocycles. The molecule has 0 bridgehead atoms. The quantitative estimate of drug-likeness (QED) is 0.671. The highest BCUT2D eigenvalue weighted by Gasteiger charge is 2.24. The zero-order valence-electron chi connectivity index (χ0n) is 16.1. The molecule has 1 aliphatic heterocycles. The number of aryl methyl sites for hydroxylation is 3. The molecule has 1 aliphatic carbocycles. The van der Waals surface area contributed by atoms with Gasteiger partial charge in [-0.25, -0.2) is 0 Å². The number of aromatic nitrogens is 1. The molecule has 1 saturated heterocycles. The zero-order chi connectivity index (χ0) is 17.8. The maximum atomic E-state index is 4.80. The lowest BCUT2D eigenvalue weighted by molar-refractivity contribution is 0.313. The first-order valence-electron chi connectivity index (χ1n) is 9.67. The maximum Gasteiger partial charge on any atom is 0.0739 e. The predicted molar refractivity (Wildman–Crippen MR) is 107 cm³/mol. The highest BCUT2D eigenvalue weighted by Crippen LogP contribution is 2.37. The van der Waals surface area contributed by atoms with Gasteiger partial charge in [-0.2, -0.15) is 0 Å². The number of nitrogens with zero attached hydrogens (tertiary/aromatic N) is 2. The van der Waals surface area contributed by atoms with Gasteiger partial charge in [0.2, 0.25) is 0 Å². The minimum Gasteiger partial charge on any atom is -0.306 e. The molecule has 0 radical (unpaired) electrons. The monoisotopic (exact) mass is 334 g/mol. The molecular formula is C23H30N2. The normalized spacial score (nSPS) is 17.1. The first-order chi connectivity index (χ1) is 12.2. The Morgan fingerprint density at radius 3 is 2.40 bits per heavy atom. The Kier molecular flexibility index (Phi) is 5.70. The fourth-order valence-electron chi connectivity index (χ4n) is 3.93. The Morgan fingerprint density at radius 1 is 0.920 bits per heavy atom. The lowest BCUT2D eigenvalue weighted by atomic mass is 9.88. The van der Waals surface area contributed by atoms with Crippen LogP contribution in [0.1, 0.15) is 54.6 Å². The summed E-state index contributed by atoms with van der Waals surface area (Å²) in [5, 5.41) is 0. The van der Waals surface area contributed by atoms with Gasteiger partial charge in [0.15, 0.2) is 0 Å². The van der Waals surface area contributed by atoms with Crippen molar-refractivity contribution in [2.24, 2.45) is 0 Å². The van der Waals surface area contributed by atoms with Crippen LogP contribution in [0, 0.1) is 6.92 Å². The van der Waals surface area contributed by atoms with Gasteiger partial charge in [0.1, 0.15) is 0 Å². The number of hydrogen-bond donors (Lipinski definition) is 0. The molecule has 25 heavy (non-hydrogen) atoms. The average molecular weight is 335 g/mol. The summed E-state index contributed by atoms with van der Waals surface area (Å²) in [6.07, 6.45) is 6.49. The number of benzene rings is 1. The molecule has 4 rings (SSSR count). The number of fused-ring (bicyclic) bond motifs is 2. The predicted octanol–water partition coefficient (Wildman–Crippen LogP) is 5.04. The summed E-state index contributed by atoms with van der Waals surface area (Å²) in [5.74, 6) is 0. The standard InChI is InChI=1S/C21H24N2.C2H6/c1-15-5-8-19-18(14-15)7-6-17-4-3-11-22-21(17)20(19)16-9-12-23(2)13-10-16;1-2/h3-5,8,11,14H,6-7,9-10,12-13H2,1-2H3;1-2H3. The molecule has 2 heteroatoms. The Bertz CT molecular complexity index is 763. The number of rotatable bonds is 0. The van der Waals surface area contributed by atoms with E-state index in [9.17, 15) is 0 Å². The minimum atomic E-state index is 1.09. The molecule has 2 nitrogen and oxygen atoms in total. The van der Waals surface area contributed by atoms with Crippen LogP contribution in [-0.4, -0.2) is 30.0 Å². The van der Waals surface area contributed by atoms with E-state index in [0.29, 0.717) is 0 Å². The summed E-state index contributed by atoms with van der Waals surface area (Å²) in [4.78, 5) is 7.23. The molecular weight excluding hydrogens is 304 g/mol. The summed E-state index contributed by atoms with van der Waals surface area (Å²) in [6.45, 7) is 8.50. The Morgan fingerprint density at radius 2 is 1.64 bits per heavy atom. The summed E-state index contributed by atoms with van der Waals surface area (Å²) in [7, 11) is 2.22. The van der Waals surface area contributed by atoms with Crippen molar-refractivity contribution in [3.63, 3.8) is 0 Å². The molecule has 2 aromatic rings. The first-order valence-corrected chi connectivity index (χ1v) is 9.67. The zero-order valence-corrected chi connectivity index (χ0v) is 16.1. The van der Waals surface area contributed by atoms with E-state index in [-0.39, 0.29) is 0 Å². The summed E-state index contributed by atoms with van der Waals surface area (Å²) >= 11 is 0. The van der Waals surface area contributed by atoms with Crippen LogP contribution < -0.4 is 0 Å². The van der Waals surface area contributed by atoms with E-state index in [2.05, 4.69) is 49.2 Å². The number of piperidine rings is 1. The van der Waals surface area contributed by atoms with E-state index >= 15 is 0 Å². The second kappa shape index (κ2) is 7.97. The van der Waals surface area contributed by atoms with Crippen LogP contribution in [-0.2, 0) is 12.8 Å². The summed E-state index contributed by atoms with van der Waals surface area (Å²) < 4.78 is 0. The van der Waals surface area contributed by atoms with Crippen LogP contribution >= 0.6 is 0 Å². The maximum absolute atomic E-state index is 4.80. The van der Waals surface area contributed by atoms with Crippen molar-refractivity contribution in [1.82, 2.24) is 9.88 Å². The Labute approximate surface area is 152 Å². The van der Waals surface area contributed by atoms with Gasteiger partial charge in [-0.15, -0.1) is 0 Å². The SMILES string of the molecule is CC.Cc1ccc2c(c1)CCc1cccnc1C2=C1CCN(C)CC1. The van der Waals surface area contributed by atoms with Crippen LogP contribution in [0.15, 0.2) is 42.1 Å². The Hall–Kier alpha value is -1.93. The largest absolute Gasteiger partial charge is 0.306 e. The minimum absolute atomic E-state index is 1.09. The average Bonchev–Trinajstić information content (AvgIpc) is 2.81. The highest BCUT2D eigenvalue weighted by atomic mass is 15.1. The molecule has 1 aromatic heterocycles. The molecule has 0 amide bonds. The fourth-order valence-corrected chi connectivity index (χ4v) is 3.93. The molecule has 0 N–H and O–H groups in total. The van der Waals surface area contributed by atoms with Gasteiger partial charge in [0.25, 0.3) is 0 Å². The number of hydrogen-bond acceptors (Lipinski definition) is 2.